The Hall–Kier alpha value is -0.310. The van der Waals surface area contributed by atoms with Crippen LogP contribution in [0.4, 0.5) is 0 Å². The highest BCUT2D eigenvalue weighted by atomic mass is 35.5. The molecule has 13 heavy (non-hydrogen) atoms. The first-order valence-corrected chi connectivity index (χ1v) is 5.98. The molecule has 0 spiro atoms. The number of hydrogen-bond donors (Lipinski definition) is 0. The van der Waals surface area contributed by atoms with Gasteiger partial charge in [-0.3, -0.25) is 0 Å². The van der Waals surface area contributed by atoms with Crippen molar-refractivity contribution < 1.29 is 0 Å². The Kier molecular flexibility index (Phi) is 4.50. The lowest BCUT2D eigenvalue weighted by Crippen LogP contribution is -1.43. The zero-order valence-electron chi connectivity index (χ0n) is 7.58. The van der Waals surface area contributed by atoms with E-state index in [9.17, 15) is 0 Å². The van der Waals surface area contributed by atoms with Crippen molar-refractivity contribution >= 4 is 34.3 Å². The maximum atomic E-state index is 5.58. The molecule has 70 valence electrons. The molecular formula is C10H11ClS2. The van der Waals surface area contributed by atoms with E-state index in [1.165, 1.54) is 9.75 Å². The first-order valence-electron chi connectivity index (χ1n) is 3.90. The van der Waals surface area contributed by atoms with Crippen molar-refractivity contribution in [2.45, 2.75) is 13.8 Å². The van der Waals surface area contributed by atoms with Crippen molar-refractivity contribution in [3.05, 3.63) is 43.7 Å². The molecule has 0 unspecified atom stereocenters. The fraction of sp³-hybridized carbons (Fsp3) is 0.200. The first-order chi connectivity index (χ1) is 6.18. The van der Waals surface area contributed by atoms with Crippen LogP contribution >= 0.6 is 34.3 Å². The zero-order valence-corrected chi connectivity index (χ0v) is 9.97. The molecule has 0 nitrogen and oxygen atoms in total. The lowest BCUT2D eigenvalue weighted by atomic mass is 10.5. The van der Waals surface area contributed by atoms with E-state index in [-0.39, 0.29) is 0 Å². The van der Waals surface area contributed by atoms with Crippen molar-refractivity contribution in [2.24, 2.45) is 0 Å². The minimum atomic E-state index is 0.873. The SMILES string of the molecule is Cc1ccc(Cl)s1.Cc1cccs1. The Balaban J connectivity index is 0.000000132. The van der Waals surface area contributed by atoms with Crippen LogP contribution in [-0.2, 0) is 0 Å². The Morgan fingerprint density at radius 3 is 2.00 bits per heavy atom. The second-order valence-electron chi connectivity index (χ2n) is 2.57. The summed E-state index contributed by atoms with van der Waals surface area (Å²) in [7, 11) is 0. The summed E-state index contributed by atoms with van der Waals surface area (Å²) in [5, 5.41) is 2.08. The maximum Gasteiger partial charge on any atom is 0.0931 e. The van der Waals surface area contributed by atoms with E-state index >= 15 is 0 Å². The van der Waals surface area contributed by atoms with Gasteiger partial charge in [-0.1, -0.05) is 17.7 Å². The van der Waals surface area contributed by atoms with Gasteiger partial charge in [-0.05, 0) is 37.4 Å². The quantitative estimate of drug-likeness (QED) is 0.612. The van der Waals surface area contributed by atoms with Crippen molar-refractivity contribution in [3.63, 3.8) is 0 Å². The lowest BCUT2D eigenvalue weighted by Gasteiger charge is -1.69. The molecule has 2 aromatic heterocycles. The topological polar surface area (TPSA) is 0 Å². The van der Waals surface area contributed by atoms with Crippen LogP contribution in [0.15, 0.2) is 29.6 Å². The molecule has 0 aliphatic rings. The molecule has 2 aromatic rings. The standard InChI is InChI=1S/C5H5ClS.C5H6S/c1-4-2-3-5(6)7-4;1-5-3-2-4-6-5/h2-3H,1H3;2-4H,1H3. The zero-order chi connectivity index (χ0) is 9.68. The van der Waals surface area contributed by atoms with Crippen molar-refractivity contribution in [1.29, 1.82) is 0 Å². The van der Waals surface area contributed by atoms with Crippen molar-refractivity contribution in [1.82, 2.24) is 0 Å². The van der Waals surface area contributed by atoms with Gasteiger partial charge in [0.25, 0.3) is 0 Å². The van der Waals surface area contributed by atoms with E-state index in [0.29, 0.717) is 0 Å². The van der Waals surface area contributed by atoms with E-state index in [1.54, 1.807) is 22.7 Å². The first kappa shape index (κ1) is 10.8. The molecule has 0 atom stereocenters. The van der Waals surface area contributed by atoms with Gasteiger partial charge in [0.2, 0.25) is 0 Å². The highest BCUT2D eigenvalue weighted by Crippen LogP contribution is 2.19. The predicted molar refractivity (Wildman–Crippen MR) is 63.1 cm³/mol. The Labute approximate surface area is 91.8 Å². The fourth-order valence-electron chi connectivity index (χ4n) is 0.765. The molecule has 0 aromatic carbocycles. The summed E-state index contributed by atoms with van der Waals surface area (Å²) in [6, 6.07) is 8.07. The van der Waals surface area contributed by atoms with Gasteiger partial charge in [-0.15, -0.1) is 22.7 Å². The molecule has 0 bridgehead atoms. The Morgan fingerprint density at radius 1 is 1.08 bits per heavy atom. The molecule has 2 heterocycles. The Morgan fingerprint density at radius 2 is 1.85 bits per heavy atom. The van der Waals surface area contributed by atoms with Gasteiger partial charge < -0.3 is 0 Å². The van der Waals surface area contributed by atoms with E-state index in [1.807, 2.05) is 19.1 Å². The summed E-state index contributed by atoms with van der Waals surface area (Å²) in [4.78, 5) is 2.65. The van der Waals surface area contributed by atoms with Crippen LogP contribution in [0.5, 0.6) is 0 Å². The van der Waals surface area contributed by atoms with E-state index in [0.717, 1.165) is 4.34 Å². The van der Waals surface area contributed by atoms with Crippen LogP contribution in [-0.4, -0.2) is 0 Å². The Bertz CT molecular complexity index is 319. The van der Waals surface area contributed by atoms with Crippen LogP contribution in [0, 0.1) is 13.8 Å². The normalized spacial score (nSPS) is 9.15. The average molecular weight is 231 g/mol. The van der Waals surface area contributed by atoms with Gasteiger partial charge in [0.05, 0.1) is 4.34 Å². The van der Waals surface area contributed by atoms with Gasteiger partial charge in [-0.25, -0.2) is 0 Å². The molecule has 2 rings (SSSR count). The monoisotopic (exact) mass is 230 g/mol. The molecule has 0 N–H and O–H groups in total. The number of thiophene rings is 2. The number of hydrogen-bond acceptors (Lipinski definition) is 2. The van der Waals surface area contributed by atoms with Crippen LogP contribution < -0.4 is 0 Å². The summed E-state index contributed by atoms with van der Waals surface area (Å²) in [5.41, 5.74) is 0. The number of halogens is 1. The van der Waals surface area contributed by atoms with Gasteiger partial charge >= 0.3 is 0 Å². The van der Waals surface area contributed by atoms with Gasteiger partial charge in [-0.2, -0.15) is 0 Å². The molecule has 0 saturated carbocycles. The fourth-order valence-corrected chi connectivity index (χ4v) is 2.30. The lowest BCUT2D eigenvalue weighted by molar-refractivity contribution is 1.64. The molecule has 0 amide bonds. The second-order valence-corrected chi connectivity index (χ2v) is 5.64. The summed E-state index contributed by atoms with van der Waals surface area (Å²) < 4.78 is 0.873. The van der Waals surface area contributed by atoms with Crippen LogP contribution in [0.1, 0.15) is 9.75 Å². The third-order valence-corrected chi connectivity index (χ3v) is 3.32. The summed E-state index contributed by atoms with van der Waals surface area (Å²) in [6.07, 6.45) is 0. The molecule has 0 aliphatic carbocycles. The van der Waals surface area contributed by atoms with Gasteiger partial charge in [0.15, 0.2) is 0 Å². The average Bonchev–Trinajstić information content (AvgIpc) is 2.64. The molecule has 0 saturated heterocycles. The third-order valence-electron chi connectivity index (χ3n) is 1.37. The number of aryl methyl sites for hydroxylation is 2. The minimum absolute atomic E-state index is 0.873. The summed E-state index contributed by atoms with van der Waals surface area (Å²) in [5.74, 6) is 0. The van der Waals surface area contributed by atoms with Crippen LogP contribution in [0.2, 0.25) is 4.34 Å². The van der Waals surface area contributed by atoms with E-state index in [2.05, 4.69) is 24.4 Å². The highest BCUT2D eigenvalue weighted by Gasteiger charge is 1.86. The van der Waals surface area contributed by atoms with Crippen LogP contribution in [0.3, 0.4) is 0 Å². The molecule has 3 heteroatoms. The van der Waals surface area contributed by atoms with Gasteiger partial charge in [0.1, 0.15) is 0 Å². The largest absolute Gasteiger partial charge is 0.149 e. The molecule has 0 aliphatic heterocycles. The molecule has 0 radical (unpaired) electrons. The molecule has 0 fully saturated rings. The maximum absolute atomic E-state index is 5.58. The summed E-state index contributed by atoms with van der Waals surface area (Å²) >= 11 is 8.96. The van der Waals surface area contributed by atoms with Gasteiger partial charge in [0, 0.05) is 9.75 Å². The number of rotatable bonds is 0. The van der Waals surface area contributed by atoms with Crippen molar-refractivity contribution in [3.8, 4) is 0 Å². The molecular weight excluding hydrogens is 220 g/mol. The summed E-state index contributed by atoms with van der Waals surface area (Å²) in [6.45, 7) is 4.14. The third kappa shape index (κ3) is 4.46. The van der Waals surface area contributed by atoms with Crippen molar-refractivity contribution in [2.75, 3.05) is 0 Å². The van der Waals surface area contributed by atoms with E-state index in [4.69, 9.17) is 11.6 Å². The minimum Gasteiger partial charge on any atom is -0.149 e. The van der Waals surface area contributed by atoms with Crippen LogP contribution in [0.25, 0.3) is 0 Å². The smallest absolute Gasteiger partial charge is 0.0931 e. The van der Waals surface area contributed by atoms with E-state index < -0.39 is 0 Å². The predicted octanol–water partition coefficient (Wildman–Crippen LogP) is 4.77. The highest BCUT2D eigenvalue weighted by molar-refractivity contribution is 7.16. The second kappa shape index (κ2) is 5.43.